The summed E-state index contributed by atoms with van der Waals surface area (Å²) in [6.07, 6.45) is -0.711. The Bertz CT molecular complexity index is 542. The van der Waals surface area contributed by atoms with Crippen molar-refractivity contribution in [3.63, 3.8) is 0 Å². The van der Waals surface area contributed by atoms with E-state index in [1.54, 1.807) is 13.8 Å². The van der Waals surface area contributed by atoms with Gasteiger partial charge in [0.2, 0.25) is 0 Å². The molecule has 2 aliphatic heterocycles. The molecule has 0 aromatic carbocycles. The molecule has 2 atom stereocenters. The topological polar surface area (TPSA) is 106 Å². The zero-order chi connectivity index (χ0) is 19.0. The van der Waals surface area contributed by atoms with Gasteiger partial charge in [0.25, 0.3) is 0 Å². The number of amides is 1. The van der Waals surface area contributed by atoms with Gasteiger partial charge in [0.15, 0.2) is 0 Å². The number of rotatable bonds is 5. The van der Waals surface area contributed by atoms with Crippen molar-refractivity contribution in [1.29, 1.82) is 0 Å². The molecule has 0 radical (unpaired) electrons. The van der Waals surface area contributed by atoms with E-state index >= 15 is 0 Å². The number of hydrogen-bond donors (Lipinski definition) is 2. The monoisotopic (exact) mass is 377 g/mol. The summed E-state index contributed by atoms with van der Waals surface area (Å²) in [4.78, 5) is 38.7. The second kappa shape index (κ2) is 6.70. The van der Waals surface area contributed by atoms with Crippen LogP contribution in [0.5, 0.6) is 0 Å². The maximum absolute atomic E-state index is 12.6. The predicted molar refractivity (Wildman–Crippen MR) is 92.0 cm³/mol. The van der Waals surface area contributed by atoms with Gasteiger partial charge in [-0.2, -0.15) is 0 Å². The SMILES string of the molecule is CCN(CC)C(=O)OP12(NC(C(C)C)C(=O)O1)NC(C(C)C)C(=O)O2. The number of nitrogens with zero attached hydrogens (tertiary/aromatic N) is 1. The summed E-state index contributed by atoms with van der Waals surface area (Å²) in [5.74, 6) is -1.49. The Morgan fingerprint density at radius 2 is 1.44 bits per heavy atom. The van der Waals surface area contributed by atoms with Gasteiger partial charge in [-0.3, -0.25) is 0 Å². The molecule has 1 spiro atoms. The minimum absolute atomic E-state index is 0.139. The molecule has 2 fully saturated rings. The maximum atomic E-state index is 12.6. The fourth-order valence-corrected chi connectivity index (χ4v) is 6.35. The van der Waals surface area contributed by atoms with Gasteiger partial charge < -0.3 is 0 Å². The fourth-order valence-electron chi connectivity index (χ4n) is 2.80. The summed E-state index contributed by atoms with van der Waals surface area (Å²) in [6.45, 7) is 11.7. The molecule has 2 aliphatic rings. The van der Waals surface area contributed by atoms with Crippen molar-refractivity contribution in [3.8, 4) is 0 Å². The number of carbonyl (C=O) groups is 3. The van der Waals surface area contributed by atoms with E-state index in [4.69, 9.17) is 13.6 Å². The normalized spacial score (nSPS) is 28.6. The first-order chi connectivity index (χ1) is 11.6. The summed E-state index contributed by atoms with van der Waals surface area (Å²) >= 11 is 0. The Labute approximate surface area is 148 Å². The van der Waals surface area contributed by atoms with Gasteiger partial charge >= 0.3 is 147 Å². The number of nitrogens with one attached hydrogen (secondary N) is 2. The molecule has 10 heteroatoms. The van der Waals surface area contributed by atoms with E-state index in [2.05, 4.69) is 10.2 Å². The average molecular weight is 377 g/mol. The predicted octanol–water partition coefficient (Wildman–Crippen LogP) is 1.94. The second-order valence-corrected chi connectivity index (χ2v) is 9.77. The van der Waals surface area contributed by atoms with Crippen LogP contribution in [0.2, 0.25) is 0 Å². The van der Waals surface area contributed by atoms with Gasteiger partial charge in [0.05, 0.1) is 0 Å². The van der Waals surface area contributed by atoms with Crippen molar-refractivity contribution in [2.45, 2.75) is 53.6 Å². The summed E-state index contributed by atoms with van der Waals surface area (Å²) in [6, 6.07) is -1.48. The molecule has 2 saturated heterocycles. The Hall–Kier alpha value is -1.44. The third-order valence-corrected chi connectivity index (χ3v) is 7.30. The van der Waals surface area contributed by atoms with Crippen LogP contribution in [0.1, 0.15) is 41.5 Å². The molecule has 0 aromatic heterocycles. The van der Waals surface area contributed by atoms with Crippen molar-refractivity contribution in [3.05, 3.63) is 0 Å². The molecular formula is C15H28N3O6P. The number of carbonyl (C=O) groups excluding carboxylic acids is 3. The van der Waals surface area contributed by atoms with Gasteiger partial charge in [0.1, 0.15) is 0 Å². The van der Waals surface area contributed by atoms with Crippen molar-refractivity contribution in [2.75, 3.05) is 13.1 Å². The molecule has 0 aliphatic carbocycles. The first kappa shape index (κ1) is 19.9. The first-order valence-electron chi connectivity index (χ1n) is 8.62. The molecule has 1 amide bonds. The molecule has 2 rings (SSSR count). The van der Waals surface area contributed by atoms with Crippen molar-refractivity contribution in [2.24, 2.45) is 11.8 Å². The van der Waals surface area contributed by atoms with E-state index in [1.807, 2.05) is 27.7 Å². The minimum atomic E-state index is -4.64. The summed E-state index contributed by atoms with van der Waals surface area (Å²) in [5, 5.41) is 5.83. The standard InChI is InChI=1S/C15H28N3O6P/c1-7-18(8-2)15(21)24-25(16-11(9(3)4)13(19)22-25)17-12(10(5)6)14(20)23-25/h9-12,16-17H,7-8H2,1-6H3. The molecule has 0 aromatic rings. The van der Waals surface area contributed by atoms with Gasteiger partial charge in [-0.05, 0) is 0 Å². The summed E-state index contributed by atoms with van der Waals surface area (Å²) < 4.78 is 16.6. The average Bonchev–Trinajstić information content (AvgIpc) is 2.95. The summed E-state index contributed by atoms with van der Waals surface area (Å²) in [5.41, 5.74) is 0. The van der Waals surface area contributed by atoms with E-state index < -0.39 is 37.7 Å². The molecule has 144 valence electrons. The Balaban J connectivity index is 2.42. The van der Waals surface area contributed by atoms with Crippen LogP contribution in [0.25, 0.3) is 0 Å². The molecule has 2 N–H and O–H groups in total. The Kier molecular flexibility index (Phi) is 5.33. The van der Waals surface area contributed by atoms with Crippen molar-refractivity contribution < 1.29 is 28.0 Å². The molecule has 0 saturated carbocycles. The summed E-state index contributed by atoms with van der Waals surface area (Å²) in [7, 11) is -4.64. The van der Waals surface area contributed by atoms with Crippen molar-refractivity contribution >= 4 is 25.6 Å². The molecule has 0 bridgehead atoms. The van der Waals surface area contributed by atoms with E-state index in [1.165, 1.54) is 4.90 Å². The fraction of sp³-hybridized carbons (Fsp3) is 0.800. The molecule has 9 nitrogen and oxygen atoms in total. The van der Waals surface area contributed by atoms with Crippen LogP contribution in [-0.4, -0.2) is 48.1 Å². The van der Waals surface area contributed by atoms with E-state index in [-0.39, 0.29) is 11.8 Å². The van der Waals surface area contributed by atoms with Crippen LogP contribution in [0.3, 0.4) is 0 Å². The third-order valence-electron chi connectivity index (χ3n) is 4.34. The second-order valence-electron chi connectivity index (χ2n) is 6.93. The Morgan fingerprint density at radius 1 is 1.04 bits per heavy atom. The molecule has 25 heavy (non-hydrogen) atoms. The van der Waals surface area contributed by atoms with Crippen LogP contribution in [0.15, 0.2) is 0 Å². The zero-order valence-electron chi connectivity index (χ0n) is 15.6. The third kappa shape index (κ3) is 3.45. The number of hydrogen-bond acceptors (Lipinski definition) is 8. The van der Waals surface area contributed by atoms with Gasteiger partial charge in [0, 0.05) is 0 Å². The van der Waals surface area contributed by atoms with Crippen molar-refractivity contribution in [1.82, 2.24) is 15.1 Å². The van der Waals surface area contributed by atoms with E-state index in [9.17, 15) is 14.4 Å². The van der Waals surface area contributed by atoms with Crippen LogP contribution < -0.4 is 10.2 Å². The van der Waals surface area contributed by atoms with Crippen LogP contribution >= 0.6 is 7.59 Å². The van der Waals surface area contributed by atoms with E-state index in [0.29, 0.717) is 13.1 Å². The van der Waals surface area contributed by atoms with Gasteiger partial charge in [-0.1, -0.05) is 0 Å². The quantitative estimate of drug-likeness (QED) is 0.700. The van der Waals surface area contributed by atoms with Crippen LogP contribution in [0, 0.1) is 11.8 Å². The Morgan fingerprint density at radius 3 is 1.72 bits per heavy atom. The molecular weight excluding hydrogens is 349 g/mol. The first-order valence-corrected chi connectivity index (χ1v) is 10.6. The van der Waals surface area contributed by atoms with Gasteiger partial charge in [-0.25, -0.2) is 0 Å². The molecule has 2 heterocycles. The van der Waals surface area contributed by atoms with Crippen LogP contribution in [0.4, 0.5) is 4.79 Å². The zero-order valence-corrected chi connectivity index (χ0v) is 16.5. The van der Waals surface area contributed by atoms with Crippen LogP contribution in [-0.2, 0) is 23.2 Å². The van der Waals surface area contributed by atoms with Gasteiger partial charge in [-0.15, -0.1) is 0 Å². The molecule has 2 unspecified atom stereocenters. The van der Waals surface area contributed by atoms with E-state index in [0.717, 1.165) is 0 Å².